The van der Waals surface area contributed by atoms with E-state index < -0.39 is 47.4 Å². The smallest absolute Gasteiger partial charge is 0.357 e. The minimum absolute atomic E-state index is 0.0310. The fourth-order valence-corrected chi connectivity index (χ4v) is 4.71. The van der Waals surface area contributed by atoms with Gasteiger partial charge >= 0.3 is 11.9 Å². The SMILES string of the molecule is CCCON=C(C(=O)NC1C(=O)N2C(C(=O)OCOC(=O)C(C)(C)C)=CCS[C@H]12)c1csc(N)n1. The Hall–Kier alpha value is -3.13. The molecule has 2 aliphatic heterocycles. The van der Waals surface area contributed by atoms with Crippen LogP contribution in [0.1, 0.15) is 39.8 Å². The van der Waals surface area contributed by atoms with E-state index in [1.54, 1.807) is 32.2 Å². The number of carbonyl (C=O) groups is 4. The molecule has 1 unspecified atom stereocenters. The maximum atomic E-state index is 12.9. The first-order valence-electron chi connectivity index (χ1n) is 10.8. The summed E-state index contributed by atoms with van der Waals surface area (Å²) < 4.78 is 9.97. The molecule has 1 aromatic rings. The predicted molar refractivity (Wildman–Crippen MR) is 129 cm³/mol. The van der Waals surface area contributed by atoms with Crippen LogP contribution in [0.3, 0.4) is 0 Å². The molecule has 3 heterocycles. The molecule has 3 rings (SSSR count). The van der Waals surface area contributed by atoms with E-state index in [-0.39, 0.29) is 22.2 Å². The van der Waals surface area contributed by atoms with Crippen LogP contribution in [0.4, 0.5) is 5.13 Å². The molecule has 14 heteroatoms. The Morgan fingerprint density at radius 1 is 1.31 bits per heavy atom. The summed E-state index contributed by atoms with van der Waals surface area (Å²) in [5, 5.41) is 7.83. The van der Waals surface area contributed by atoms with E-state index in [4.69, 9.17) is 20.0 Å². The van der Waals surface area contributed by atoms with E-state index in [0.717, 1.165) is 11.3 Å². The van der Waals surface area contributed by atoms with Crippen molar-refractivity contribution in [2.45, 2.75) is 45.5 Å². The monoisotopic (exact) mass is 525 g/mol. The van der Waals surface area contributed by atoms with Gasteiger partial charge in [-0.3, -0.25) is 19.3 Å². The van der Waals surface area contributed by atoms with Gasteiger partial charge in [-0.2, -0.15) is 0 Å². The zero-order chi connectivity index (χ0) is 25.8. The Bertz CT molecular complexity index is 1060. The number of thioether (sulfide) groups is 1. The number of hydrogen-bond donors (Lipinski definition) is 2. The number of amides is 2. The number of carbonyl (C=O) groups excluding carboxylic acids is 4. The molecule has 35 heavy (non-hydrogen) atoms. The van der Waals surface area contributed by atoms with Gasteiger partial charge in [0.05, 0.1) is 5.41 Å². The fraction of sp³-hybridized carbons (Fsp3) is 0.524. The van der Waals surface area contributed by atoms with Crippen LogP contribution in [0.2, 0.25) is 0 Å². The molecule has 2 amide bonds. The molecule has 1 aromatic heterocycles. The third kappa shape index (κ3) is 6.11. The summed E-state index contributed by atoms with van der Waals surface area (Å²) >= 11 is 2.51. The highest BCUT2D eigenvalue weighted by Crippen LogP contribution is 2.37. The molecule has 1 saturated heterocycles. The van der Waals surface area contributed by atoms with Crippen LogP contribution >= 0.6 is 23.1 Å². The first kappa shape index (κ1) is 26.5. The zero-order valence-corrected chi connectivity index (χ0v) is 21.4. The molecule has 0 radical (unpaired) electrons. The number of aromatic nitrogens is 1. The summed E-state index contributed by atoms with van der Waals surface area (Å²) in [6, 6.07) is -0.893. The van der Waals surface area contributed by atoms with E-state index in [2.05, 4.69) is 15.5 Å². The van der Waals surface area contributed by atoms with Gasteiger partial charge in [-0.15, -0.1) is 23.1 Å². The number of hydrogen-bond acceptors (Lipinski definition) is 12. The van der Waals surface area contributed by atoms with Gasteiger partial charge in [-0.05, 0) is 33.3 Å². The molecule has 0 spiro atoms. The maximum absolute atomic E-state index is 12.9. The van der Waals surface area contributed by atoms with Gasteiger partial charge in [-0.25, -0.2) is 9.78 Å². The largest absolute Gasteiger partial charge is 0.427 e. The number of fused-ring (bicyclic) bond motifs is 1. The Kier molecular flexibility index (Phi) is 8.38. The Morgan fingerprint density at radius 3 is 2.69 bits per heavy atom. The van der Waals surface area contributed by atoms with Crippen LogP contribution in [-0.2, 0) is 33.5 Å². The van der Waals surface area contributed by atoms with E-state index in [0.29, 0.717) is 18.8 Å². The topological polar surface area (TPSA) is 163 Å². The standard InChI is InChI=1S/C21H27N5O7S2/c1-5-7-33-25-13(11-9-35-20(22)23-11)15(27)24-14-16(28)26-12(6-8-34-17(14)26)18(29)31-10-32-19(30)21(2,3)4/h6,9,14,17H,5,7-8,10H2,1-4H3,(H2,22,23)(H,24,27)/t14?,17-/m1/s1. The number of β-lactam (4-membered cyclic amide) rings is 1. The summed E-state index contributed by atoms with van der Waals surface area (Å²) in [7, 11) is 0. The summed E-state index contributed by atoms with van der Waals surface area (Å²) in [5.41, 5.74) is 5.09. The van der Waals surface area contributed by atoms with E-state index in [1.807, 2.05) is 6.92 Å². The number of oxime groups is 1. The fourth-order valence-electron chi connectivity index (χ4n) is 2.97. The minimum Gasteiger partial charge on any atom is -0.427 e. The predicted octanol–water partition coefficient (Wildman–Crippen LogP) is 1.23. The number of nitrogen functional groups attached to an aromatic ring is 1. The molecule has 190 valence electrons. The van der Waals surface area contributed by atoms with E-state index in [9.17, 15) is 19.2 Å². The van der Waals surface area contributed by atoms with Gasteiger partial charge in [-0.1, -0.05) is 12.1 Å². The number of nitrogens with one attached hydrogen (secondary N) is 1. The lowest BCUT2D eigenvalue weighted by atomic mass is 9.98. The molecule has 12 nitrogen and oxygen atoms in total. The number of anilines is 1. The van der Waals surface area contributed by atoms with Crippen molar-refractivity contribution in [2.75, 3.05) is 24.9 Å². The second-order valence-corrected chi connectivity index (χ2v) is 10.6. The average Bonchev–Trinajstić information content (AvgIpc) is 3.24. The van der Waals surface area contributed by atoms with Crippen molar-refractivity contribution in [3.05, 3.63) is 22.8 Å². The van der Waals surface area contributed by atoms with Crippen molar-refractivity contribution >= 4 is 57.7 Å². The van der Waals surface area contributed by atoms with Crippen LogP contribution in [0, 0.1) is 5.41 Å². The second-order valence-electron chi connectivity index (χ2n) is 8.55. The summed E-state index contributed by atoms with van der Waals surface area (Å²) in [6.07, 6.45) is 2.24. The van der Waals surface area contributed by atoms with Crippen LogP contribution in [0.15, 0.2) is 22.3 Å². The van der Waals surface area contributed by atoms with Crippen molar-refractivity contribution < 1.29 is 33.5 Å². The molecule has 0 bridgehead atoms. The van der Waals surface area contributed by atoms with Gasteiger partial charge in [0.25, 0.3) is 11.8 Å². The first-order valence-corrected chi connectivity index (χ1v) is 12.7. The highest BCUT2D eigenvalue weighted by molar-refractivity contribution is 8.00. The van der Waals surface area contributed by atoms with Crippen molar-refractivity contribution in [1.82, 2.24) is 15.2 Å². The van der Waals surface area contributed by atoms with Crippen LogP contribution in [0.5, 0.6) is 0 Å². The van der Waals surface area contributed by atoms with Crippen LogP contribution in [-0.4, -0.2) is 69.9 Å². The second kappa shape index (κ2) is 11.1. The molecule has 2 atom stereocenters. The van der Waals surface area contributed by atoms with Gasteiger partial charge in [0.2, 0.25) is 6.79 Å². The van der Waals surface area contributed by atoms with Crippen molar-refractivity contribution in [3.63, 3.8) is 0 Å². The van der Waals surface area contributed by atoms with Gasteiger partial charge < -0.3 is 25.4 Å². The molecule has 0 aromatic carbocycles. The van der Waals surface area contributed by atoms with Crippen LogP contribution in [0.25, 0.3) is 0 Å². The van der Waals surface area contributed by atoms with Crippen molar-refractivity contribution in [3.8, 4) is 0 Å². The molecule has 1 fully saturated rings. The number of thiazole rings is 1. The number of esters is 2. The Morgan fingerprint density at radius 2 is 2.06 bits per heavy atom. The summed E-state index contributed by atoms with van der Waals surface area (Å²) in [5.74, 6) is -2.06. The lowest BCUT2D eigenvalue weighted by Gasteiger charge is -2.48. The minimum atomic E-state index is -0.893. The quantitative estimate of drug-likeness (QED) is 0.120. The lowest BCUT2D eigenvalue weighted by molar-refractivity contribution is -0.173. The zero-order valence-electron chi connectivity index (χ0n) is 19.7. The molecule has 0 saturated carbocycles. The number of ether oxygens (including phenoxy) is 2. The van der Waals surface area contributed by atoms with E-state index >= 15 is 0 Å². The molecular weight excluding hydrogens is 498 g/mol. The lowest BCUT2D eigenvalue weighted by Crippen LogP contribution is -2.70. The molecule has 2 aliphatic rings. The number of nitrogens with zero attached hydrogens (tertiary/aromatic N) is 3. The number of nitrogens with two attached hydrogens (primary N) is 1. The van der Waals surface area contributed by atoms with Crippen LogP contribution < -0.4 is 11.1 Å². The first-order chi connectivity index (χ1) is 16.5. The van der Waals surface area contributed by atoms with Crippen molar-refractivity contribution in [1.29, 1.82) is 0 Å². The molecule has 0 aliphatic carbocycles. The van der Waals surface area contributed by atoms with Gasteiger partial charge in [0.15, 0.2) is 10.8 Å². The Balaban J connectivity index is 1.63. The van der Waals surface area contributed by atoms with Crippen molar-refractivity contribution in [2.24, 2.45) is 10.6 Å². The average molecular weight is 526 g/mol. The maximum Gasteiger partial charge on any atom is 0.357 e. The highest BCUT2D eigenvalue weighted by Gasteiger charge is 2.53. The third-order valence-corrected chi connectivity index (χ3v) is 6.62. The number of rotatable bonds is 9. The van der Waals surface area contributed by atoms with E-state index in [1.165, 1.54) is 16.7 Å². The van der Waals surface area contributed by atoms with Gasteiger partial charge in [0, 0.05) is 11.1 Å². The molecular formula is C21H27N5O7S2. The Labute approximate surface area is 210 Å². The molecule has 3 N–H and O–H groups in total. The summed E-state index contributed by atoms with van der Waals surface area (Å²) in [6.45, 7) is 6.64. The normalized spacial score (nSPS) is 19.8. The summed E-state index contributed by atoms with van der Waals surface area (Å²) in [4.78, 5) is 60.6. The highest BCUT2D eigenvalue weighted by atomic mass is 32.2. The third-order valence-electron chi connectivity index (χ3n) is 4.77. The van der Waals surface area contributed by atoms with Gasteiger partial charge in [0.1, 0.15) is 29.4 Å².